The van der Waals surface area contributed by atoms with Gasteiger partial charge < -0.3 is 9.64 Å². The molecule has 2 aromatic rings. The third-order valence-electron chi connectivity index (χ3n) is 6.29. The average Bonchev–Trinajstić information content (AvgIpc) is 2.77. The van der Waals surface area contributed by atoms with E-state index in [0.717, 1.165) is 47.6 Å². The van der Waals surface area contributed by atoms with Crippen molar-refractivity contribution in [3.05, 3.63) is 63.7 Å². The van der Waals surface area contributed by atoms with Gasteiger partial charge in [-0.1, -0.05) is 65.3 Å². The van der Waals surface area contributed by atoms with Crippen LogP contribution in [0.25, 0.3) is 0 Å². The largest absolute Gasteiger partial charge is 0.484 e. The van der Waals surface area contributed by atoms with Gasteiger partial charge in [0.1, 0.15) is 5.75 Å². The predicted molar refractivity (Wildman–Crippen MR) is 138 cm³/mol. The molecule has 1 saturated heterocycles. The van der Waals surface area contributed by atoms with Crippen LogP contribution in [-0.4, -0.2) is 54.8 Å². The normalized spacial score (nSPS) is 15.3. The minimum atomic E-state index is -0.222. The van der Waals surface area contributed by atoms with E-state index < -0.39 is 0 Å². The summed E-state index contributed by atoms with van der Waals surface area (Å²) in [6, 6.07) is 11.7. The molecule has 1 aliphatic rings. The Morgan fingerprint density at radius 3 is 1.94 bits per heavy atom. The number of halogens is 1. The van der Waals surface area contributed by atoms with E-state index in [1.807, 2.05) is 41.3 Å². The molecule has 6 heteroatoms. The lowest BCUT2D eigenvalue weighted by Crippen LogP contribution is -2.49. The van der Waals surface area contributed by atoms with Crippen molar-refractivity contribution in [1.29, 1.82) is 0 Å². The van der Waals surface area contributed by atoms with Gasteiger partial charge in [0.2, 0.25) is 0 Å². The summed E-state index contributed by atoms with van der Waals surface area (Å²) in [5.41, 5.74) is 3.37. The van der Waals surface area contributed by atoms with Gasteiger partial charge in [-0.25, -0.2) is 0 Å². The molecule has 0 N–H and O–H groups in total. The molecule has 0 radical (unpaired) electrons. The Hall–Kier alpha value is -2.37. The molecule has 0 spiro atoms. The quantitative estimate of drug-likeness (QED) is 0.510. The number of carbonyl (C=O) groups is 2. The van der Waals surface area contributed by atoms with Gasteiger partial charge in [-0.05, 0) is 51.8 Å². The molecular weight excluding hydrogens is 448 g/mol. The van der Waals surface area contributed by atoms with Crippen molar-refractivity contribution in [2.75, 3.05) is 32.8 Å². The van der Waals surface area contributed by atoms with Crippen LogP contribution in [0.3, 0.4) is 0 Å². The Balaban J connectivity index is 1.63. The van der Waals surface area contributed by atoms with Gasteiger partial charge in [0.05, 0.1) is 0 Å². The SMILES string of the molecule is CC(C)(C)c1cc(OCC(=O)N2CCN(Cc3ccc(Cl)cc3)CC2)cc(C(C)(C)C)c1C=O. The Morgan fingerprint density at radius 1 is 0.941 bits per heavy atom. The molecule has 5 nitrogen and oxygen atoms in total. The minimum Gasteiger partial charge on any atom is -0.484 e. The van der Waals surface area contributed by atoms with Crippen molar-refractivity contribution in [2.45, 2.75) is 58.9 Å². The van der Waals surface area contributed by atoms with Crippen LogP contribution in [-0.2, 0) is 22.2 Å². The highest BCUT2D eigenvalue weighted by Crippen LogP contribution is 2.36. The van der Waals surface area contributed by atoms with Gasteiger partial charge in [0.25, 0.3) is 5.91 Å². The van der Waals surface area contributed by atoms with E-state index in [1.165, 1.54) is 5.56 Å². The Morgan fingerprint density at radius 2 is 1.47 bits per heavy atom. The molecule has 1 heterocycles. The molecule has 0 unspecified atom stereocenters. The summed E-state index contributed by atoms with van der Waals surface area (Å²) in [4.78, 5) is 29.1. The summed E-state index contributed by atoms with van der Waals surface area (Å²) >= 11 is 5.97. The molecule has 0 atom stereocenters. The molecule has 1 amide bonds. The van der Waals surface area contributed by atoms with E-state index >= 15 is 0 Å². The molecule has 0 bridgehead atoms. The number of carbonyl (C=O) groups excluding carboxylic acids is 2. The lowest BCUT2D eigenvalue weighted by atomic mass is 9.76. The number of rotatable bonds is 6. The van der Waals surface area contributed by atoms with Crippen LogP contribution in [0.5, 0.6) is 5.75 Å². The Bertz CT molecular complexity index is 976. The molecular formula is C28H37ClN2O3. The molecule has 34 heavy (non-hydrogen) atoms. The van der Waals surface area contributed by atoms with Gasteiger partial charge in [-0.2, -0.15) is 0 Å². The fourth-order valence-electron chi connectivity index (χ4n) is 4.32. The van der Waals surface area contributed by atoms with Crippen molar-refractivity contribution < 1.29 is 14.3 Å². The van der Waals surface area contributed by atoms with Crippen molar-refractivity contribution >= 4 is 23.8 Å². The summed E-state index contributed by atoms with van der Waals surface area (Å²) in [7, 11) is 0. The van der Waals surface area contributed by atoms with Crippen LogP contribution < -0.4 is 4.74 Å². The zero-order valence-corrected chi connectivity index (χ0v) is 22.0. The molecule has 2 aromatic carbocycles. The first kappa shape index (κ1) is 26.2. The smallest absolute Gasteiger partial charge is 0.260 e. The van der Waals surface area contributed by atoms with Crippen LogP contribution in [0.15, 0.2) is 36.4 Å². The highest BCUT2D eigenvalue weighted by molar-refractivity contribution is 6.30. The Kier molecular flexibility index (Phi) is 8.10. The molecule has 0 aromatic heterocycles. The van der Waals surface area contributed by atoms with Gasteiger partial charge in [-0.3, -0.25) is 14.5 Å². The summed E-state index contributed by atoms with van der Waals surface area (Å²) in [6.07, 6.45) is 0.944. The molecule has 184 valence electrons. The van der Waals surface area contributed by atoms with Gasteiger partial charge >= 0.3 is 0 Å². The fraction of sp³-hybridized carbons (Fsp3) is 0.500. The fourth-order valence-corrected chi connectivity index (χ4v) is 4.44. The summed E-state index contributed by atoms with van der Waals surface area (Å²) in [5, 5.41) is 0.740. The average molecular weight is 485 g/mol. The van der Waals surface area contributed by atoms with E-state index in [9.17, 15) is 9.59 Å². The number of hydrogen-bond donors (Lipinski definition) is 0. The van der Waals surface area contributed by atoms with E-state index in [-0.39, 0.29) is 23.3 Å². The number of hydrogen-bond acceptors (Lipinski definition) is 4. The maximum atomic E-state index is 12.9. The maximum Gasteiger partial charge on any atom is 0.260 e. The second-order valence-electron chi connectivity index (χ2n) is 11.1. The number of aldehydes is 1. The van der Waals surface area contributed by atoms with Crippen molar-refractivity contribution in [3.8, 4) is 5.75 Å². The summed E-state index contributed by atoms with van der Waals surface area (Å²) in [6.45, 7) is 16.4. The Labute approximate surface area is 209 Å². The third kappa shape index (κ3) is 6.61. The predicted octanol–water partition coefficient (Wildman–Crippen LogP) is 5.47. The van der Waals surface area contributed by atoms with E-state index in [2.05, 4.69) is 46.4 Å². The number of benzene rings is 2. The van der Waals surface area contributed by atoms with Crippen LogP contribution >= 0.6 is 11.6 Å². The van der Waals surface area contributed by atoms with Crippen LogP contribution in [0, 0.1) is 0 Å². The van der Waals surface area contributed by atoms with Gasteiger partial charge in [0, 0.05) is 43.3 Å². The van der Waals surface area contributed by atoms with Crippen LogP contribution in [0.1, 0.15) is 68.6 Å². The second-order valence-corrected chi connectivity index (χ2v) is 11.6. The van der Waals surface area contributed by atoms with Crippen molar-refractivity contribution in [2.24, 2.45) is 0 Å². The molecule has 3 rings (SSSR count). The van der Waals surface area contributed by atoms with Crippen LogP contribution in [0.4, 0.5) is 0 Å². The lowest BCUT2D eigenvalue weighted by molar-refractivity contribution is -0.135. The zero-order chi connectivity index (χ0) is 25.1. The van der Waals surface area contributed by atoms with Crippen LogP contribution in [0.2, 0.25) is 5.02 Å². The second kappa shape index (κ2) is 10.5. The third-order valence-corrected chi connectivity index (χ3v) is 6.55. The standard InChI is InChI=1S/C28H37ClN2O3/c1-27(2,3)24-15-22(16-25(23(24)18-32)28(4,5)6)34-19-26(33)31-13-11-30(12-14-31)17-20-7-9-21(29)10-8-20/h7-10,15-16,18H,11-14,17,19H2,1-6H3. The maximum absolute atomic E-state index is 12.9. The van der Waals surface area contributed by atoms with Crippen molar-refractivity contribution in [3.63, 3.8) is 0 Å². The first-order valence-corrected chi connectivity index (χ1v) is 12.3. The zero-order valence-electron chi connectivity index (χ0n) is 21.3. The number of ether oxygens (including phenoxy) is 1. The number of amides is 1. The highest BCUT2D eigenvalue weighted by atomic mass is 35.5. The van der Waals surface area contributed by atoms with E-state index in [1.54, 1.807) is 0 Å². The van der Waals surface area contributed by atoms with Gasteiger partial charge in [0.15, 0.2) is 12.9 Å². The van der Waals surface area contributed by atoms with Gasteiger partial charge in [-0.15, -0.1) is 0 Å². The first-order chi connectivity index (χ1) is 15.9. The summed E-state index contributed by atoms with van der Waals surface area (Å²) in [5.74, 6) is 0.621. The summed E-state index contributed by atoms with van der Waals surface area (Å²) < 4.78 is 5.99. The number of piperazine rings is 1. The molecule has 0 aliphatic carbocycles. The van der Waals surface area contributed by atoms with Crippen molar-refractivity contribution in [1.82, 2.24) is 9.80 Å². The molecule has 1 fully saturated rings. The minimum absolute atomic E-state index is 0.00914. The molecule has 0 saturated carbocycles. The highest BCUT2D eigenvalue weighted by Gasteiger charge is 2.27. The first-order valence-electron chi connectivity index (χ1n) is 11.9. The van der Waals surface area contributed by atoms with E-state index in [0.29, 0.717) is 18.8 Å². The van der Waals surface area contributed by atoms with E-state index in [4.69, 9.17) is 16.3 Å². The topological polar surface area (TPSA) is 49.9 Å². The monoisotopic (exact) mass is 484 g/mol. The lowest BCUT2D eigenvalue weighted by Gasteiger charge is -2.34. The number of nitrogens with zero attached hydrogens (tertiary/aromatic N) is 2. The molecule has 1 aliphatic heterocycles.